The Hall–Kier alpha value is -2.16. The van der Waals surface area contributed by atoms with Crippen LogP contribution < -0.4 is 10.1 Å². The molecule has 1 N–H and O–H groups in total. The first kappa shape index (κ1) is 27.9. The number of ether oxygens (including phenoxy) is 1. The minimum absolute atomic E-state index is 0.333. The van der Waals surface area contributed by atoms with Crippen molar-refractivity contribution in [3.8, 4) is 5.75 Å². The van der Waals surface area contributed by atoms with Crippen LogP contribution in [0.2, 0.25) is 5.02 Å². The first-order chi connectivity index (χ1) is 17.8. The minimum atomic E-state index is -3.58. The van der Waals surface area contributed by atoms with Gasteiger partial charge in [-0.2, -0.15) is 4.31 Å². The molecule has 0 radical (unpaired) electrons. The van der Waals surface area contributed by atoms with Crippen LogP contribution in [0.15, 0.2) is 59.5 Å². The van der Waals surface area contributed by atoms with Crippen molar-refractivity contribution < 1.29 is 13.2 Å². The molecule has 8 heteroatoms. The number of nitrogens with one attached hydrogen (secondary N) is 1. The maximum atomic E-state index is 13.4. The summed E-state index contributed by atoms with van der Waals surface area (Å²) in [7, 11) is -3.58. The Kier molecular flexibility index (Phi) is 9.48. The summed E-state index contributed by atoms with van der Waals surface area (Å²) in [5.74, 6) is 1.47. The van der Waals surface area contributed by atoms with E-state index < -0.39 is 10.0 Å². The fraction of sp³-hybridized carbons (Fsp3) is 0.448. The average Bonchev–Trinajstić information content (AvgIpc) is 2.89. The molecule has 0 bridgehead atoms. The summed E-state index contributed by atoms with van der Waals surface area (Å²) in [6.45, 7) is 12.3. The van der Waals surface area contributed by atoms with Gasteiger partial charge in [0, 0.05) is 48.5 Å². The predicted molar refractivity (Wildman–Crippen MR) is 152 cm³/mol. The van der Waals surface area contributed by atoms with Gasteiger partial charge in [0.25, 0.3) is 0 Å². The zero-order chi connectivity index (χ0) is 26.4. The Morgan fingerprint density at radius 2 is 1.68 bits per heavy atom. The summed E-state index contributed by atoms with van der Waals surface area (Å²) in [4.78, 5) is 2.68. The van der Waals surface area contributed by atoms with Crippen molar-refractivity contribution in [2.75, 3.05) is 45.9 Å². The maximum Gasteiger partial charge on any atom is 0.243 e. The zero-order valence-corrected chi connectivity index (χ0v) is 23.6. The number of halogens is 1. The van der Waals surface area contributed by atoms with E-state index in [4.69, 9.17) is 16.3 Å². The van der Waals surface area contributed by atoms with Gasteiger partial charge in [0.15, 0.2) is 0 Å². The summed E-state index contributed by atoms with van der Waals surface area (Å²) < 4.78 is 34.4. The van der Waals surface area contributed by atoms with Gasteiger partial charge in [-0.3, -0.25) is 0 Å². The lowest BCUT2D eigenvalue weighted by Gasteiger charge is -2.34. The highest BCUT2D eigenvalue weighted by Crippen LogP contribution is 2.30. The molecule has 1 aliphatic heterocycles. The van der Waals surface area contributed by atoms with Gasteiger partial charge < -0.3 is 15.0 Å². The van der Waals surface area contributed by atoms with E-state index in [0.717, 1.165) is 56.9 Å². The fourth-order valence-corrected chi connectivity index (χ4v) is 6.58. The van der Waals surface area contributed by atoms with Gasteiger partial charge in [-0.15, -0.1) is 0 Å². The highest BCUT2D eigenvalue weighted by atomic mass is 35.5. The third-order valence-electron chi connectivity index (χ3n) is 6.89. The van der Waals surface area contributed by atoms with Crippen molar-refractivity contribution in [1.82, 2.24) is 14.5 Å². The lowest BCUT2D eigenvalue weighted by molar-refractivity contribution is 0.186. The van der Waals surface area contributed by atoms with Crippen molar-refractivity contribution >= 4 is 32.4 Å². The van der Waals surface area contributed by atoms with E-state index >= 15 is 0 Å². The van der Waals surface area contributed by atoms with Gasteiger partial charge in [-0.1, -0.05) is 61.8 Å². The third kappa shape index (κ3) is 6.84. The molecule has 1 saturated heterocycles. The standard InChI is InChI=1S/C29H38ClN3O3S/c1-22(2)21-36-28-12-4-8-24(23(28)3)20-31-14-7-15-32-16-18-33(19-17-32)37(34,35)29-13-6-9-25-26(29)10-5-11-27(25)30/h4-6,8-13,22,31H,7,14-21H2,1-3H3. The number of benzene rings is 3. The van der Waals surface area contributed by atoms with Crippen molar-refractivity contribution in [1.29, 1.82) is 0 Å². The van der Waals surface area contributed by atoms with Crippen LogP contribution in [-0.4, -0.2) is 63.5 Å². The lowest BCUT2D eigenvalue weighted by atomic mass is 10.1. The number of sulfonamides is 1. The Morgan fingerprint density at radius 3 is 2.43 bits per heavy atom. The highest BCUT2D eigenvalue weighted by molar-refractivity contribution is 7.89. The van der Waals surface area contributed by atoms with Crippen molar-refractivity contribution in [2.24, 2.45) is 5.92 Å². The Labute approximate surface area is 226 Å². The predicted octanol–water partition coefficient (Wildman–Crippen LogP) is 5.32. The normalized spacial score (nSPS) is 15.5. The van der Waals surface area contributed by atoms with E-state index in [1.807, 2.05) is 18.2 Å². The smallest absolute Gasteiger partial charge is 0.243 e. The van der Waals surface area contributed by atoms with Gasteiger partial charge in [-0.05, 0) is 61.7 Å². The number of rotatable bonds is 11. The Balaban J connectivity index is 1.23. The molecule has 1 fully saturated rings. The first-order valence-corrected chi connectivity index (χ1v) is 14.9. The summed E-state index contributed by atoms with van der Waals surface area (Å²) in [6, 6.07) is 17.0. The topological polar surface area (TPSA) is 61.9 Å². The summed E-state index contributed by atoms with van der Waals surface area (Å²) in [6.07, 6.45) is 1.01. The molecule has 4 rings (SSSR count). The van der Waals surface area contributed by atoms with Crippen molar-refractivity contribution in [3.63, 3.8) is 0 Å². The lowest BCUT2D eigenvalue weighted by Crippen LogP contribution is -2.49. The molecule has 37 heavy (non-hydrogen) atoms. The van der Waals surface area contributed by atoms with Crippen LogP contribution in [0, 0.1) is 12.8 Å². The highest BCUT2D eigenvalue weighted by Gasteiger charge is 2.29. The van der Waals surface area contributed by atoms with Gasteiger partial charge in [0.1, 0.15) is 5.75 Å². The molecule has 200 valence electrons. The molecule has 0 saturated carbocycles. The Bertz CT molecular complexity index is 1300. The average molecular weight is 544 g/mol. The first-order valence-electron chi connectivity index (χ1n) is 13.1. The monoisotopic (exact) mass is 543 g/mol. The third-order valence-corrected chi connectivity index (χ3v) is 9.18. The van der Waals surface area contributed by atoms with Crippen LogP contribution in [0.25, 0.3) is 10.8 Å². The number of nitrogens with zero attached hydrogens (tertiary/aromatic N) is 2. The molecular weight excluding hydrogens is 506 g/mol. The molecule has 1 aliphatic rings. The minimum Gasteiger partial charge on any atom is -0.493 e. The maximum absolute atomic E-state index is 13.4. The van der Waals surface area contributed by atoms with Gasteiger partial charge >= 0.3 is 0 Å². The van der Waals surface area contributed by atoms with E-state index in [9.17, 15) is 8.42 Å². The zero-order valence-electron chi connectivity index (χ0n) is 22.0. The number of piperazine rings is 1. The second-order valence-electron chi connectivity index (χ2n) is 10.1. The molecule has 6 nitrogen and oxygen atoms in total. The molecule has 0 unspecified atom stereocenters. The fourth-order valence-electron chi connectivity index (χ4n) is 4.72. The summed E-state index contributed by atoms with van der Waals surface area (Å²) >= 11 is 6.30. The van der Waals surface area contributed by atoms with E-state index in [-0.39, 0.29) is 0 Å². The molecule has 0 amide bonds. The van der Waals surface area contributed by atoms with Crippen LogP contribution in [-0.2, 0) is 16.6 Å². The Morgan fingerprint density at radius 1 is 0.973 bits per heavy atom. The quantitative estimate of drug-likeness (QED) is 0.332. The molecular formula is C29H38ClN3O3S. The van der Waals surface area contributed by atoms with E-state index in [0.29, 0.717) is 34.3 Å². The van der Waals surface area contributed by atoms with Crippen LogP contribution >= 0.6 is 11.6 Å². The molecule has 3 aromatic rings. The van der Waals surface area contributed by atoms with Gasteiger partial charge in [0.05, 0.1) is 11.5 Å². The van der Waals surface area contributed by atoms with Crippen LogP contribution in [0.3, 0.4) is 0 Å². The van der Waals surface area contributed by atoms with E-state index in [2.05, 4.69) is 43.1 Å². The largest absolute Gasteiger partial charge is 0.493 e. The second-order valence-corrected chi connectivity index (χ2v) is 12.4. The molecule has 0 aromatic heterocycles. The molecule has 0 atom stereocenters. The van der Waals surface area contributed by atoms with Gasteiger partial charge in [0.2, 0.25) is 10.0 Å². The summed E-state index contributed by atoms with van der Waals surface area (Å²) in [5, 5.41) is 5.56. The van der Waals surface area contributed by atoms with Crippen molar-refractivity contribution in [2.45, 2.75) is 38.6 Å². The molecule has 0 aliphatic carbocycles. The SMILES string of the molecule is Cc1c(CNCCCN2CCN(S(=O)(=O)c3cccc4c(Cl)cccc34)CC2)cccc1OCC(C)C. The number of fused-ring (bicyclic) bond motifs is 1. The van der Waals surface area contributed by atoms with Crippen LogP contribution in [0.4, 0.5) is 0 Å². The van der Waals surface area contributed by atoms with Gasteiger partial charge in [-0.25, -0.2) is 8.42 Å². The number of hydrogen-bond donors (Lipinski definition) is 1. The van der Waals surface area contributed by atoms with E-state index in [1.54, 1.807) is 28.6 Å². The second kappa shape index (κ2) is 12.6. The van der Waals surface area contributed by atoms with Crippen LogP contribution in [0.1, 0.15) is 31.4 Å². The molecule has 3 aromatic carbocycles. The summed E-state index contributed by atoms with van der Waals surface area (Å²) in [5.41, 5.74) is 2.45. The van der Waals surface area contributed by atoms with E-state index in [1.165, 1.54) is 11.1 Å². The van der Waals surface area contributed by atoms with Crippen molar-refractivity contribution in [3.05, 3.63) is 70.7 Å². The van der Waals surface area contributed by atoms with Crippen LogP contribution in [0.5, 0.6) is 5.75 Å². The number of hydrogen-bond acceptors (Lipinski definition) is 5. The molecule has 0 spiro atoms. The molecule has 1 heterocycles.